The summed E-state index contributed by atoms with van der Waals surface area (Å²) in [7, 11) is 0. The van der Waals surface area contributed by atoms with Gasteiger partial charge < -0.3 is 5.32 Å². The number of nitrogens with one attached hydrogen (secondary N) is 1. The zero-order valence-corrected chi connectivity index (χ0v) is 7.43. The van der Waals surface area contributed by atoms with Crippen molar-refractivity contribution in [1.82, 2.24) is 10.3 Å². The Labute approximate surface area is 74.8 Å². The van der Waals surface area contributed by atoms with Crippen molar-refractivity contribution in [2.45, 2.75) is 25.3 Å². The molecule has 2 rings (SSSR count). The molecule has 0 radical (unpaired) electrons. The third kappa shape index (κ3) is 1.48. The molecule has 0 aliphatic heterocycles. The Kier molecular flexibility index (Phi) is 2.08. The molecule has 3 nitrogen and oxygen atoms in total. The van der Waals surface area contributed by atoms with E-state index in [4.69, 9.17) is 0 Å². The van der Waals surface area contributed by atoms with E-state index in [-0.39, 0.29) is 5.91 Å². The highest BCUT2D eigenvalue weighted by Gasteiger charge is 2.20. The van der Waals surface area contributed by atoms with E-state index in [1.807, 2.05) is 0 Å². The van der Waals surface area contributed by atoms with Crippen molar-refractivity contribution < 1.29 is 4.79 Å². The summed E-state index contributed by atoms with van der Waals surface area (Å²) in [6.07, 6.45) is 5.11. The Morgan fingerprint density at radius 1 is 1.67 bits per heavy atom. The van der Waals surface area contributed by atoms with E-state index in [0.717, 1.165) is 12.8 Å². The lowest BCUT2D eigenvalue weighted by Gasteiger charge is -2.25. The van der Waals surface area contributed by atoms with E-state index < -0.39 is 0 Å². The van der Waals surface area contributed by atoms with Crippen LogP contribution in [0, 0.1) is 0 Å². The van der Waals surface area contributed by atoms with Crippen LogP contribution in [0.5, 0.6) is 0 Å². The number of hydrogen-bond donors (Lipinski definition) is 1. The second-order valence-corrected chi connectivity index (χ2v) is 3.85. The largest absolute Gasteiger partial charge is 0.349 e. The zero-order chi connectivity index (χ0) is 8.39. The Morgan fingerprint density at radius 3 is 3.00 bits per heavy atom. The van der Waals surface area contributed by atoms with Crippen molar-refractivity contribution in [3.63, 3.8) is 0 Å². The van der Waals surface area contributed by atoms with Crippen molar-refractivity contribution in [2.75, 3.05) is 0 Å². The average Bonchev–Trinajstić information content (AvgIpc) is 2.47. The molecule has 64 valence electrons. The van der Waals surface area contributed by atoms with E-state index in [9.17, 15) is 4.79 Å². The summed E-state index contributed by atoms with van der Waals surface area (Å²) in [6, 6.07) is 0.416. The molecule has 12 heavy (non-hydrogen) atoms. The molecule has 1 aromatic heterocycles. The molecule has 1 aliphatic rings. The molecule has 1 aromatic rings. The minimum absolute atomic E-state index is 0.0298. The first-order valence-corrected chi connectivity index (χ1v) is 4.93. The highest BCUT2D eigenvalue weighted by molar-refractivity contribution is 7.11. The van der Waals surface area contributed by atoms with Crippen molar-refractivity contribution in [3.05, 3.63) is 16.6 Å². The molecule has 0 unspecified atom stereocenters. The van der Waals surface area contributed by atoms with E-state index in [0.29, 0.717) is 10.9 Å². The van der Waals surface area contributed by atoms with Gasteiger partial charge in [-0.05, 0) is 19.3 Å². The van der Waals surface area contributed by atoms with Gasteiger partial charge in [-0.3, -0.25) is 9.78 Å². The summed E-state index contributed by atoms with van der Waals surface area (Å²) < 4.78 is 0. The fraction of sp³-hybridized carbons (Fsp3) is 0.500. The second-order valence-electron chi connectivity index (χ2n) is 2.97. The number of nitrogens with zero attached hydrogens (tertiary/aromatic N) is 1. The summed E-state index contributed by atoms with van der Waals surface area (Å²) in [5.74, 6) is 0.0298. The molecule has 0 saturated heterocycles. The molecule has 1 saturated carbocycles. The SMILES string of the molecule is O=C(NC1CCC1)c1cncs1. The molecule has 1 aliphatic carbocycles. The molecule has 0 bridgehead atoms. The molecule has 1 N–H and O–H groups in total. The molecule has 4 heteroatoms. The van der Waals surface area contributed by atoms with E-state index in [2.05, 4.69) is 10.3 Å². The molecular formula is C8H10N2OS. The third-order valence-electron chi connectivity index (χ3n) is 2.10. The normalized spacial score (nSPS) is 17.0. The first kappa shape index (κ1) is 7.73. The van der Waals surface area contributed by atoms with Crippen molar-refractivity contribution in [1.29, 1.82) is 0 Å². The van der Waals surface area contributed by atoms with Crippen molar-refractivity contribution >= 4 is 17.2 Å². The zero-order valence-electron chi connectivity index (χ0n) is 6.62. The maximum absolute atomic E-state index is 11.4. The van der Waals surface area contributed by atoms with Gasteiger partial charge in [-0.15, -0.1) is 11.3 Å². The monoisotopic (exact) mass is 182 g/mol. The Bertz CT molecular complexity index is 267. The predicted molar refractivity (Wildman–Crippen MR) is 47.2 cm³/mol. The van der Waals surface area contributed by atoms with E-state index >= 15 is 0 Å². The highest BCUT2D eigenvalue weighted by Crippen LogP contribution is 2.18. The lowest BCUT2D eigenvalue weighted by atomic mass is 9.93. The molecule has 0 aromatic carbocycles. The summed E-state index contributed by atoms with van der Waals surface area (Å²) in [5.41, 5.74) is 1.68. The van der Waals surface area contributed by atoms with Crippen LogP contribution in [0.3, 0.4) is 0 Å². The van der Waals surface area contributed by atoms with Gasteiger partial charge in [0.2, 0.25) is 0 Å². The van der Waals surface area contributed by atoms with Crippen LogP contribution in [0.2, 0.25) is 0 Å². The second kappa shape index (κ2) is 3.23. The molecule has 0 atom stereocenters. The van der Waals surface area contributed by atoms with Gasteiger partial charge in [0, 0.05) is 6.04 Å². The smallest absolute Gasteiger partial charge is 0.263 e. The van der Waals surface area contributed by atoms with Crippen LogP contribution >= 0.6 is 11.3 Å². The summed E-state index contributed by atoms with van der Waals surface area (Å²) >= 11 is 1.38. The van der Waals surface area contributed by atoms with Gasteiger partial charge in [0.15, 0.2) is 0 Å². The van der Waals surface area contributed by atoms with Crippen LogP contribution in [0.1, 0.15) is 28.9 Å². The fourth-order valence-electron chi connectivity index (χ4n) is 1.14. The van der Waals surface area contributed by atoms with Crippen LogP contribution in [0.4, 0.5) is 0 Å². The number of hydrogen-bond acceptors (Lipinski definition) is 3. The maximum Gasteiger partial charge on any atom is 0.263 e. The van der Waals surface area contributed by atoms with E-state index in [1.165, 1.54) is 17.8 Å². The van der Waals surface area contributed by atoms with Crippen molar-refractivity contribution in [3.8, 4) is 0 Å². The molecule has 1 amide bonds. The van der Waals surface area contributed by atoms with Crippen LogP contribution in [-0.2, 0) is 0 Å². The lowest BCUT2D eigenvalue weighted by Crippen LogP contribution is -2.39. The van der Waals surface area contributed by atoms with Crippen molar-refractivity contribution in [2.24, 2.45) is 0 Å². The molecule has 0 spiro atoms. The van der Waals surface area contributed by atoms with Gasteiger partial charge in [-0.2, -0.15) is 0 Å². The summed E-state index contributed by atoms with van der Waals surface area (Å²) in [4.78, 5) is 15.9. The highest BCUT2D eigenvalue weighted by atomic mass is 32.1. The number of aromatic nitrogens is 1. The van der Waals surface area contributed by atoms with Gasteiger partial charge in [0.1, 0.15) is 4.88 Å². The fourth-order valence-corrected chi connectivity index (χ4v) is 1.66. The number of carbonyl (C=O) groups is 1. The molecule has 1 fully saturated rings. The van der Waals surface area contributed by atoms with Crippen LogP contribution in [0.15, 0.2) is 11.7 Å². The third-order valence-corrected chi connectivity index (χ3v) is 2.87. The first-order valence-electron chi connectivity index (χ1n) is 4.05. The van der Waals surface area contributed by atoms with Gasteiger partial charge in [-0.1, -0.05) is 0 Å². The molecular weight excluding hydrogens is 172 g/mol. The number of amides is 1. The standard InChI is InChI=1S/C8H10N2OS/c11-8(7-4-9-5-12-7)10-6-2-1-3-6/h4-6H,1-3H2,(H,10,11). The Hall–Kier alpha value is -0.900. The van der Waals surface area contributed by atoms with Gasteiger partial charge in [0.05, 0.1) is 11.7 Å². The topological polar surface area (TPSA) is 42.0 Å². The predicted octanol–water partition coefficient (Wildman–Crippen LogP) is 1.43. The lowest BCUT2D eigenvalue weighted by molar-refractivity contribution is 0.0921. The van der Waals surface area contributed by atoms with Gasteiger partial charge in [-0.25, -0.2) is 0 Å². The van der Waals surface area contributed by atoms with Crippen LogP contribution < -0.4 is 5.32 Å². The Morgan fingerprint density at radius 2 is 2.50 bits per heavy atom. The summed E-state index contributed by atoms with van der Waals surface area (Å²) in [5, 5.41) is 2.95. The average molecular weight is 182 g/mol. The number of thiazole rings is 1. The van der Waals surface area contributed by atoms with Gasteiger partial charge >= 0.3 is 0 Å². The van der Waals surface area contributed by atoms with Gasteiger partial charge in [0.25, 0.3) is 5.91 Å². The minimum Gasteiger partial charge on any atom is -0.349 e. The number of rotatable bonds is 2. The maximum atomic E-state index is 11.4. The minimum atomic E-state index is 0.0298. The molecule has 1 heterocycles. The Balaban J connectivity index is 1.92. The quantitative estimate of drug-likeness (QED) is 0.751. The van der Waals surface area contributed by atoms with Crippen LogP contribution in [-0.4, -0.2) is 16.9 Å². The number of carbonyl (C=O) groups excluding carboxylic acids is 1. The summed E-state index contributed by atoms with van der Waals surface area (Å²) in [6.45, 7) is 0. The van der Waals surface area contributed by atoms with Crippen LogP contribution in [0.25, 0.3) is 0 Å². The first-order chi connectivity index (χ1) is 5.86. The van der Waals surface area contributed by atoms with E-state index in [1.54, 1.807) is 11.7 Å².